The van der Waals surface area contributed by atoms with Crippen molar-refractivity contribution in [3.63, 3.8) is 0 Å². The van der Waals surface area contributed by atoms with Crippen LogP contribution in [0.2, 0.25) is 0 Å². The molecule has 7 heteroatoms. The van der Waals surface area contributed by atoms with Crippen LogP contribution in [0.25, 0.3) is 0 Å². The Labute approximate surface area is 147 Å². The number of rotatable bonds is 6. The lowest BCUT2D eigenvalue weighted by Gasteiger charge is -2.22. The minimum atomic E-state index is -3.62. The molecule has 2 rings (SSSR count). The SMILES string of the molecule is CC(=O)c1cccc(NC(=O)CN(c2ccc(C)cc2)S(C)(=O)=O)c1. The molecule has 0 heterocycles. The van der Waals surface area contributed by atoms with Crippen molar-refractivity contribution in [3.05, 3.63) is 59.7 Å². The molecule has 0 radical (unpaired) electrons. The molecule has 6 nitrogen and oxygen atoms in total. The van der Waals surface area contributed by atoms with E-state index in [1.807, 2.05) is 6.92 Å². The van der Waals surface area contributed by atoms with Gasteiger partial charge < -0.3 is 5.32 Å². The first-order chi connectivity index (χ1) is 11.7. The molecule has 0 saturated heterocycles. The lowest BCUT2D eigenvalue weighted by atomic mass is 10.1. The number of aryl methyl sites for hydroxylation is 1. The van der Waals surface area contributed by atoms with Gasteiger partial charge in [-0.2, -0.15) is 0 Å². The van der Waals surface area contributed by atoms with Gasteiger partial charge in [0.05, 0.1) is 11.9 Å². The Morgan fingerprint density at radius 2 is 1.72 bits per heavy atom. The van der Waals surface area contributed by atoms with Gasteiger partial charge >= 0.3 is 0 Å². The second kappa shape index (κ2) is 7.48. The van der Waals surface area contributed by atoms with Crippen molar-refractivity contribution in [2.45, 2.75) is 13.8 Å². The van der Waals surface area contributed by atoms with E-state index in [1.54, 1.807) is 48.5 Å². The quantitative estimate of drug-likeness (QED) is 0.803. The highest BCUT2D eigenvalue weighted by atomic mass is 32.2. The van der Waals surface area contributed by atoms with E-state index in [2.05, 4.69) is 5.32 Å². The molecule has 0 aliphatic carbocycles. The van der Waals surface area contributed by atoms with Gasteiger partial charge in [-0.3, -0.25) is 13.9 Å². The normalized spacial score (nSPS) is 11.0. The molecule has 0 aliphatic heterocycles. The number of ketones is 1. The van der Waals surface area contributed by atoms with Crippen LogP contribution < -0.4 is 9.62 Å². The van der Waals surface area contributed by atoms with Crippen molar-refractivity contribution in [2.24, 2.45) is 0 Å². The third-order valence-electron chi connectivity index (χ3n) is 3.56. The van der Waals surface area contributed by atoms with Crippen LogP contribution in [-0.2, 0) is 14.8 Å². The molecule has 25 heavy (non-hydrogen) atoms. The summed E-state index contributed by atoms with van der Waals surface area (Å²) in [6, 6.07) is 13.4. The van der Waals surface area contributed by atoms with Crippen LogP contribution in [0.1, 0.15) is 22.8 Å². The van der Waals surface area contributed by atoms with Crippen LogP contribution in [0.3, 0.4) is 0 Å². The summed E-state index contributed by atoms with van der Waals surface area (Å²) in [5.74, 6) is -0.611. The molecule has 0 aromatic heterocycles. The van der Waals surface area contributed by atoms with Gasteiger partial charge in [0, 0.05) is 11.3 Å². The van der Waals surface area contributed by atoms with Gasteiger partial charge in [0.1, 0.15) is 6.54 Å². The fourth-order valence-corrected chi connectivity index (χ4v) is 3.11. The van der Waals surface area contributed by atoms with Gasteiger partial charge in [-0.1, -0.05) is 29.8 Å². The Kier molecular flexibility index (Phi) is 5.58. The third kappa shape index (κ3) is 5.15. The topological polar surface area (TPSA) is 83.6 Å². The molecular weight excluding hydrogens is 340 g/mol. The highest BCUT2D eigenvalue weighted by molar-refractivity contribution is 7.92. The van der Waals surface area contributed by atoms with Crippen LogP contribution in [0.5, 0.6) is 0 Å². The predicted molar refractivity (Wildman–Crippen MR) is 98.4 cm³/mol. The number of carbonyl (C=O) groups excluding carboxylic acids is 2. The maximum absolute atomic E-state index is 12.3. The minimum absolute atomic E-state index is 0.117. The highest BCUT2D eigenvalue weighted by Crippen LogP contribution is 2.18. The first-order valence-corrected chi connectivity index (χ1v) is 9.47. The molecule has 0 unspecified atom stereocenters. The monoisotopic (exact) mass is 360 g/mol. The van der Waals surface area contributed by atoms with Crippen molar-refractivity contribution in [1.82, 2.24) is 0 Å². The van der Waals surface area contributed by atoms with Crippen molar-refractivity contribution in [3.8, 4) is 0 Å². The number of benzene rings is 2. The summed E-state index contributed by atoms with van der Waals surface area (Å²) in [5, 5.41) is 2.62. The van der Waals surface area contributed by atoms with Crippen molar-refractivity contribution in [2.75, 3.05) is 22.4 Å². The van der Waals surface area contributed by atoms with E-state index < -0.39 is 15.9 Å². The first-order valence-electron chi connectivity index (χ1n) is 7.62. The Bertz CT molecular complexity index is 890. The van der Waals surface area contributed by atoms with Gasteiger partial charge in [-0.25, -0.2) is 8.42 Å². The largest absolute Gasteiger partial charge is 0.324 e. The summed E-state index contributed by atoms with van der Waals surface area (Å²) in [4.78, 5) is 23.7. The van der Waals surface area contributed by atoms with E-state index in [0.717, 1.165) is 16.1 Å². The summed E-state index contributed by atoms with van der Waals surface area (Å²) in [7, 11) is -3.62. The van der Waals surface area contributed by atoms with Crippen LogP contribution in [0.15, 0.2) is 48.5 Å². The lowest BCUT2D eigenvalue weighted by molar-refractivity contribution is -0.114. The zero-order chi connectivity index (χ0) is 18.6. The number of Topliss-reactive ketones (excluding diaryl/α,β-unsaturated/α-hetero) is 1. The Balaban J connectivity index is 2.19. The number of hydrogen-bond acceptors (Lipinski definition) is 4. The van der Waals surface area contributed by atoms with E-state index in [0.29, 0.717) is 16.9 Å². The van der Waals surface area contributed by atoms with Crippen molar-refractivity contribution in [1.29, 1.82) is 0 Å². The van der Waals surface area contributed by atoms with Gasteiger partial charge in [-0.15, -0.1) is 0 Å². The van der Waals surface area contributed by atoms with Gasteiger partial charge in [0.2, 0.25) is 15.9 Å². The second-order valence-electron chi connectivity index (χ2n) is 5.79. The molecule has 2 aromatic rings. The van der Waals surface area contributed by atoms with E-state index in [4.69, 9.17) is 0 Å². The number of anilines is 2. The Morgan fingerprint density at radius 1 is 1.08 bits per heavy atom. The average Bonchev–Trinajstić information content (AvgIpc) is 2.53. The summed E-state index contributed by atoms with van der Waals surface area (Å²) in [6.07, 6.45) is 1.05. The van der Waals surface area contributed by atoms with E-state index >= 15 is 0 Å². The fourth-order valence-electron chi connectivity index (χ4n) is 2.26. The lowest BCUT2D eigenvalue weighted by Crippen LogP contribution is -2.37. The summed E-state index contributed by atoms with van der Waals surface area (Å²) in [6.45, 7) is 2.97. The molecule has 0 atom stereocenters. The molecule has 0 spiro atoms. The molecule has 0 bridgehead atoms. The zero-order valence-corrected chi connectivity index (χ0v) is 15.1. The maximum atomic E-state index is 12.3. The second-order valence-corrected chi connectivity index (χ2v) is 7.70. The van der Waals surface area contributed by atoms with E-state index in [1.165, 1.54) is 6.92 Å². The summed E-state index contributed by atoms with van der Waals surface area (Å²) < 4.78 is 25.1. The minimum Gasteiger partial charge on any atom is -0.324 e. The van der Waals surface area contributed by atoms with E-state index in [9.17, 15) is 18.0 Å². The number of hydrogen-bond donors (Lipinski definition) is 1. The van der Waals surface area contributed by atoms with Gasteiger partial charge in [-0.05, 0) is 38.1 Å². The predicted octanol–water partition coefficient (Wildman–Crippen LogP) is 2.60. The van der Waals surface area contributed by atoms with Crippen LogP contribution >= 0.6 is 0 Å². The number of carbonyl (C=O) groups is 2. The summed E-state index contributed by atoms with van der Waals surface area (Å²) in [5.41, 5.74) is 2.31. The molecule has 1 N–H and O–H groups in total. The summed E-state index contributed by atoms with van der Waals surface area (Å²) >= 11 is 0. The molecular formula is C18H20N2O4S. The molecule has 1 amide bonds. The molecule has 0 aliphatic rings. The standard InChI is InChI=1S/C18H20N2O4S/c1-13-7-9-17(10-8-13)20(25(3,23)24)12-18(22)19-16-6-4-5-15(11-16)14(2)21/h4-11H,12H2,1-3H3,(H,19,22). The number of nitrogens with one attached hydrogen (secondary N) is 1. The number of amides is 1. The van der Waals surface area contributed by atoms with Crippen LogP contribution in [-0.4, -0.2) is 32.9 Å². The van der Waals surface area contributed by atoms with Crippen LogP contribution in [0, 0.1) is 6.92 Å². The average molecular weight is 360 g/mol. The van der Waals surface area contributed by atoms with E-state index in [-0.39, 0.29) is 12.3 Å². The third-order valence-corrected chi connectivity index (χ3v) is 4.70. The molecule has 2 aromatic carbocycles. The van der Waals surface area contributed by atoms with Gasteiger partial charge in [0.15, 0.2) is 5.78 Å². The Morgan fingerprint density at radius 3 is 2.28 bits per heavy atom. The van der Waals surface area contributed by atoms with Gasteiger partial charge in [0.25, 0.3) is 0 Å². The molecule has 0 saturated carbocycles. The number of sulfonamides is 1. The maximum Gasteiger partial charge on any atom is 0.245 e. The zero-order valence-electron chi connectivity index (χ0n) is 14.3. The Hall–Kier alpha value is -2.67. The smallest absolute Gasteiger partial charge is 0.245 e. The van der Waals surface area contributed by atoms with Crippen LogP contribution in [0.4, 0.5) is 11.4 Å². The van der Waals surface area contributed by atoms with Crippen molar-refractivity contribution < 1.29 is 18.0 Å². The van der Waals surface area contributed by atoms with Crippen molar-refractivity contribution >= 4 is 33.1 Å². The fraction of sp³-hybridized carbons (Fsp3) is 0.222. The highest BCUT2D eigenvalue weighted by Gasteiger charge is 2.20. The molecule has 132 valence electrons. The number of nitrogens with zero attached hydrogens (tertiary/aromatic N) is 1. The first kappa shape index (κ1) is 18.7. The molecule has 0 fully saturated rings.